The predicted molar refractivity (Wildman–Crippen MR) is 65.5 cm³/mol. The number of carboxylic acid groups (broad SMARTS) is 1. The van der Waals surface area contributed by atoms with Crippen molar-refractivity contribution >= 4 is 23.3 Å². The van der Waals surface area contributed by atoms with Crippen molar-refractivity contribution in [2.24, 2.45) is 0 Å². The molecular formula is C12H7ClNO6-. The molecule has 0 aliphatic rings. The molecule has 0 amide bonds. The predicted octanol–water partition coefficient (Wildman–Crippen LogP) is 1.78. The molecule has 2 aromatic rings. The number of carbonyl (C=O) groups is 1. The van der Waals surface area contributed by atoms with Gasteiger partial charge in [-0.3, -0.25) is 10.1 Å². The van der Waals surface area contributed by atoms with Crippen molar-refractivity contribution in [1.29, 1.82) is 0 Å². The number of halogens is 1. The molecule has 0 spiro atoms. The molecule has 20 heavy (non-hydrogen) atoms. The highest BCUT2D eigenvalue weighted by molar-refractivity contribution is 6.30. The SMILES string of the molecule is O=C([O-])c1ccc(COc2ccc(Cl)cc2[N+](=O)[O-])o1. The van der Waals surface area contributed by atoms with Gasteiger partial charge in [-0.05, 0) is 24.3 Å². The lowest BCUT2D eigenvalue weighted by Crippen LogP contribution is -2.21. The highest BCUT2D eigenvalue weighted by Crippen LogP contribution is 2.30. The number of rotatable bonds is 5. The van der Waals surface area contributed by atoms with Gasteiger partial charge >= 0.3 is 5.69 Å². The van der Waals surface area contributed by atoms with E-state index >= 15 is 0 Å². The molecule has 8 heteroatoms. The second kappa shape index (κ2) is 5.62. The highest BCUT2D eigenvalue weighted by atomic mass is 35.5. The maximum Gasteiger partial charge on any atom is 0.312 e. The molecule has 0 aliphatic carbocycles. The van der Waals surface area contributed by atoms with Gasteiger partial charge in [-0.15, -0.1) is 0 Å². The Labute approximate surface area is 117 Å². The lowest BCUT2D eigenvalue weighted by Gasteiger charge is -2.05. The molecule has 0 radical (unpaired) electrons. The summed E-state index contributed by atoms with van der Waals surface area (Å²) in [5, 5.41) is 21.6. The minimum absolute atomic E-state index is 0.00537. The molecule has 0 saturated heterocycles. The van der Waals surface area contributed by atoms with Crippen LogP contribution in [0.3, 0.4) is 0 Å². The van der Waals surface area contributed by atoms with Crippen molar-refractivity contribution in [3.63, 3.8) is 0 Å². The van der Waals surface area contributed by atoms with Gasteiger partial charge in [0, 0.05) is 11.1 Å². The topological polar surface area (TPSA) is 106 Å². The first-order chi connectivity index (χ1) is 9.47. The van der Waals surface area contributed by atoms with E-state index in [-0.39, 0.29) is 34.6 Å². The fourth-order valence-electron chi connectivity index (χ4n) is 1.47. The van der Waals surface area contributed by atoms with Crippen molar-refractivity contribution in [1.82, 2.24) is 0 Å². The average molecular weight is 297 g/mol. The normalized spacial score (nSPS) is 10.2. The van der Waals surface area contributed by atoms with Crippen molar-refractivity contribution in [3.8, 4) is 5.75 Å². The van der Waals surface area contributed by atoms with Gasteiger partial charge < -0.3 is 19.1 Å². The monoisotopic (exact) mass is 296 g/mol. The van der Waals surface area contributed by atoms with Crippen LogP contribution >= 0.6 is 11.6 Å². The van der Waals surface area contributed by atoms with Crippen LogP contribution in [-0.4, -0.2) is 10.9 Å². The van der Waals surface area contributed by atoms with Crippen LogP contribution in [0.1, 0.15) is 16.3 Å². The summed E-state index contributed by atoms with van der Waals surface area (Å²) in [4.78, 5) is 20.7. The number of hydrogen-bond donors (Lipinski definition) is 0. The fourth-order valence-corrected chi connectivity index (χ4v) is 1.64. The van der Waals surface area contributed by atoms with Crippen LogP contribution < -0.4 is 9.84 Å². The fraction of sp³-hybridized carbons (Fsp3) is 0.0833. The van der Waals surface area contributed by atoms with Crippen LogP contribution in [0.4, 0.5) is 5.69 Å². The Balaban J connectivity index is 2.14. The number of nitrogens with zero attached hydrogens (tertiary/aromatic N) is 1. The van der Waals surface area contributed by atoms with Crippen molar-refractivity contribution in [2.45, 2.75) is 6.61 Å². The molecule has 0 unspecified atom stereocenters. The summed E-state index contributed by atoms with van der Waals surface area (Å²) < 4.78 is 10.1. The molecule has 0 bridgehead atoms. The number of hydrogen-bond acceptors (Lipinski definition) is 6. The second-order valence-electron chi connectivity index (χ2n) is 3.71. The first-order valence-electron chi connectivity index (χ1n) is 5.34. The first-order valence-corrected chi connectivity index (χ1v) is 5.72. The van der Waals surface area contributed by atoms with E-state index < -0.39 is 10.9 Å². The number of ether oxygens (including phenoxy) is 1. The third kappa shape index (κ3) is 3.07. The van der Waals surface area contributed by atoms with Gasteiger partial charge in [0.1, 0.15) is 24.1 Å². The smallest absolute Gasteiger partial charge is 0.312 e. The van der Waals surface area contributed by atoms with Crippen molar-refractivity contribution in [3.05, 3.63) is 57.0 Å². The van der Waals surface area contributed by atoms with Crippen LogP contribution in [-0.2, 0) is 6.61 Å². The van der Waals surface area contributed by atoms with Crippen LogP contribution in [0.2, 0.25) is 5.02 Å². The Morgan fingerprint density at radius 3 is 2.70 bits per heavy atom. The Bertz CT molecular complexity index is 666. The van der Waals surface area contributed by atoms with Gasteiger partial charge in [-0.1, -0.05) is 11.6 Å². The summed E-state index contributed by atoms with van der Waals surface area (Å²) in [5.41, 5.74) is -0.288. The molecule has 0 saturated carbocycles. The lowest BCUT2D eigenvalue weighted by molar-refractivity contribution is -0.385. The molecule has 0 fully saturated rings. The first kappa shape index (κ1) is 13.9. The van der Waals surface area contributed by atoms with E-state index in [0.717, 1.165) is 6.07 Å². The number of nitro groups is 1. The Morgan fingerprint density at radius 1 is 1.35 bits per heavy atom. The second-order valence-corrected chi connectivity index (χ2v) is 4.15. The minimum atomic E-state index is -1.45. The molecule has 1 aromatic carbocycles. The van der Waals surface area contributed by atoms with Gasteiger partial charge in [0.25, 0.3) is 0 Å². The van der Waals surface area contributed by atoms with Crippen molar-refractivity contribution < 1.29 is 24.0 Å². The van der Waals surface area contributed by atoms with E-state index in [9.17, 15) is 20.0 Å². The van der Waals surface area contributed by atoms with Crippen molar-refractivity contribution in [2.75, 3.05) is 0 Å². The maximum absolute atomic E-state index is 10.8. The summed E-state index contributed by atoms with van der Waals surface area (Å²) in [7, 11) is 0. The Kier molecular flexibility index (Phi) is 3.90. The molecule has 0 N–H and O–H groups in total. The number of nitro benzene ring substituents is 1. The number of benzene rings is 1. The number of carboxylic acids is 1. The third-order valence-corrected chi connectivity index (χ3v) is 2.59. The van der Waals surface area contributed by atoms with E-state index in [2.05, 4.69) is 0 Å². The molecule has 0 aliphatic heterocycles. The van der Waals surface area contributed by atoms with Gasteiger partial charge in [0.15, 0.2) is 5.75 Å². The molecule has 1 heterocycles. The average Bonchev–Trinajstić information content (AvgIpc) is 2.86. The Hall–Kier alpha value is -2.54. The zero-order chi connectivity index (χ0) is 14.7. The van der Waals surface area contributed by atoms with E-state index in [1.807, 2.05) is 0 Å². The summed E-state index contributed by atoms with van der Waals surface area (Å²) in [5.74, 6) is -1.58. The summed E-state index contributed by atoms with van der Waals surface area (Å²) in [6.07, 6.45) is 0. The quantitative estimate of drug-likeness (QED) is 0.615. The van der Waals surface area contributed by atoms with Gasteiger partial charge in [0.2, 0.25) is 0 Å². The molecule has 0 atom stereocenters. The maximum atomic E-state index is 10.8. The largest absolute Gasteiger partial charge is 0.542 e. The standard InChI is InChI=1S/C12H8ClNO6/c13-7-1-3-10(9(5-7)14(17)18)19-6-8-2-4-11(20-8)12(15)16/h1-5H,6H2,(H,15,16)/p-1. The van der Waals surface area contributed by atoms with E-state index in [0.29, 0.717) is 0 Å². The minimum Gasteiger partial charge on any atom is -0.542 e. The highest BCUT2D eigenvalue weighted by Gasteiger charge is 2.16. The van der Waals surface area contributed by atoms with Gasteiger partial charge in [-0.2, -0.15) is 0 Å². The lowest BCUT2D eigenvalue weighted by atomic mass is 10.3. The van der Waals surface area contributed by atoms with Crippen LogP contribution in [0, 0.1) is 10.1 Å². The number of aromatic carboxylic acids is 1. The van der Waals surface area contributed by atoms with Gasteiger partial charge in [-0.25, -0.2) is 0 Å². The zero-order valence-corrected chi connectivity index (χ0v) is 10.6. The summed E-state index contributed by atoms with van der Waals surface area (Å²) >= 11 is 5.67. The van der Waals surface area contributed by atoms with E-state index in [4.69, 9.17) is 20.8 Å². The van der Waals surface area contributed by atoms with E-state index in [1.165, 1.54) is 24.3 Å². The molecule has 104 valence electrons. The number of furan rings is 1. The molecular weight excluding hydrogens is 290 g/mol. The summed E-state index contributed by atoms with van der Waals surface area (Å²) in [6.45, 7) is -0.157. The Morgan fingerprint density at radius 2 is 2.10 bits per heavy atom. The number of carbonyl (C=O) groups excluding carboxylic acids is 1. The van der Waals surface area contributed by atoms with Crippen LogP contribution in [0.5, 0.6) is 5.75 Å². The molecule has 2 rings (SSSR count). The molecule has 7 nitrogen and oxygen atoms in total. The van der Waals surface area contributed by atoms with Gasteiger partial charge in [0.05, 0.1) is 4.92 Å². The van der Waals surface area contributed by atoms with E-state index in [1.54, 1.807) is 0 Å². The van der Waals surface area contributed by atoms with Crippen LogP contribution in [0.25, 0.3) is 0 Å². The zero-order valence-electron chi connectivity index (χ0n) is 9.87. The summed E-state index contributed by atoms with van der Waals surface area (Å²) in [6, 6.07) is 6.55. The van der Waals surface area contributed by atoms with Crippen LogP contribution in [0.15, 0.2) is 34.7 Å². The third-order valence-electron chi connectivity index (χ3n) is 2.35. The molecule has 1 aromatic heterocycles.